The minimum absolute atomic E-state index is 0. The number of hydrogen-bond donors (Lipinski definition) is 2. The highest BCUT2D eigenvalue weighted by atomic mass is 35.5. The molecule has 0 amide bonds. The number of benzene rings is 1. The lowest BCUT2D eigenvalue weighted by Gasteiger charge is -2.39. The number of hydrogen-bond acceptors (Lipinski definition) is 3. The molecule has 1 aliphatic heterocycles. The molecular formula is C14H20Cl2F2N2O. The van der Waals surface area contributed by atoms with Crippen molar-refractivity contribution in [3.05, 3.63) is 34.3 Å². The monoisotopic (exact) mass is 340 g/mol. The standard InChI is InChI=1S/C14H19ClF2N2O.ClH/c1-10-3-2-4-11(15)12(10)13(14(16,17)9-20)19-7-5-18-6-8-19;/h2-4,13,18,20H,5-9H2,1H3;1H/t13-;/m1./s1. The fourth-order valence-corrected chi connectivity index (χ4v) is 3.00. The maximum atomic E-state index is 14.3. The molecule has 0 aromatic heterocycles. The van der Waals surface area contributed by atoms with E-state index < -0.39 is 18.6 Å². The van der Waals surface area contributed by atoms with Gasteiger partial charge in [-0.15, -0.1) is 12.4 Å². The lowest BCUT2D eigenvalue weighted by molar-refractivity contribution is -0.118. The maximum Gasteiger partial charge on any atom is 0.289 e. The van der Waals surface area contributed by atoms with Crippen molar-refractivity contribution in [1.29, 1.82) is 0 Å². The second-order valence-electron chi connectivity index (χ2n) is 5.08. The van der Waals surface area contributed by atoms with Gasteiger partial charge in [0.25, 0.3) is 5.92 Å². The zero-order chi connectivity index (χ0) is 14.8. The van der Waals surface area contributed by atoms with Crippen LogP contribution in [0.3, 0.4) is 0 Å². The predicted molar refractivity (Wildman–Crippen MR) is 82.7 cm³/mol. The summed E-state index contributed by atoms with van der Waals surface area (Å²) >= 11 is 6.15. The van der Waals surface area contributed by atoms with E-state index in [1.807, 2.05) is 0 Å². The summed E-state index contributed by atoms with van der Waals surface area (Å²) in [5.41, 5.74) is 1.13. The Labute approximate surface area is 134 Å². The van der Waals surface area contributed by atoms with Gasteiger partial charge in [-0.2, -0.15) is 0 Å². The third-order valence-electron chi connectivity index (χ3n) is 3.67. The van der Waals surface area contributed by atoms with Crippen molar-refractivity contribution >= 4 is 24.0 Å². The van der Waals surface area contributed by atoms with Crippen LogP contribution in [-0.4, -0.2) is 48.7 Å². The first-order valence-electron chi connectivity index (χ1n) is 6.66. The number of alkyl halides is 2. The molecule has 1 atom stereocenters. The minimum atomic E-state index is -3.23. The second kappa shape index (κ2) is 7.70. The van der Waals surface area contributed by atoms with Crippen molar-refractivity contribution in [2.24, 2.45) is 0 Å². The second-order valence-corrected chi connectivity index (χ2v) is 5.49. The molecule has 7 heteroatoms. The van der Waals surface area contributed by atoms with E-state index in [1.54, 1.807) is 30.0 Å². The van der Waals surface area contributed by atoms with Gasteiger partial charge in [0.1, 0.15) is 12.6 Å². The summed E-state index contributed by atoms with van der Waals surface area (Å²) in [6.07, 6.45) is 0. The van der Waals surface area contributed by atoms with Gasteiger partial charge in [0, 0.05) is 31.2 Å². The van der Waals surface area contributed by atoms with E-state index in [0.29, 0.717) is 42.3 Å². The van der Waals surface area contributed by atoms with Gasteiger partial charge < -0.3 is 10.4 Å². The Kier molecular flexibility index (Phi) is 6.81. The molecule has 1 saturated heterocycles. The fourth-order valence-electron chi connectivity index (χ4n) is 2.68. The first kappa shape index (κ1) is 18.6. The van der Waals surface area contributed by atoms with E-state index in [2.05, 4.69) is 5.32 Å². The number of nitrogens with one attached hydrogen (secondary N) is 1. The van der Waals surface area contributed by atoms with Gasteiger partial charge in [-0.3, -0.25) is 4.90 Å². The molecule has 0 saturated carbocycles. The Hall–Kier alpha value is -0.460. The number of nitrogens with zero attached hydrogens (tertiary/aromatic N) is 1. The number of piperazine rings is 1. The zero-order valence-electron chi connectivity index (χ0n) is 11.8. The molecule has 0 spiro atoms. The summed E-state index contributed by atoms with van der Waals surface area (Å²) in [6.45, 7) is 2.90. The van der Waals surface area contributed by atoms with Crippen LogP contribution in [0, 0.1) is 6.92 Å². The summed E-state index contributed by atoms with van der Waals surface area (Å²) < 4.78 is 28.6. The van der Waals surface area contributed by atoms with Gasteiger partial charge in [-0.05, 0) is 24.1 Å². The Balaban J connectivity index is 0.00000220. The van der Waals surface area contributed by atoms with Crippen molar-refractivity contribution in [1.82, 2.24) is 10.2 Å². The van der Waals surface area contributed by atoms with E-state index in [0.717, 1.165) is 0 Å². The van der Waals surface area contributed by atoms with E-state index in [4.69, 9.17) is 16.7 Å². The van der Waals surface area contributed by atoms with Crippen LogP contribution < -0.4 is 5.32 Å². The minimum Gasteiger partial charge on any atom is -0.390 e. The Bertz CT molecular complexity index is 448. The molecule has 120 valence electrons. The highest BCUT2D eigenvalue weighted by Crippen LogP contribution is 2.40. The molecule has 1 aromatic carbocycles. The first-order chi connectivity index (χ1) is 9.47. The summed E-state index contributed by atoms with van der Waals surface area (Å²) in [4.78, 5) is 1.70. The highest BCUT2D eigenvalue weighted by molar-refractivity contribution is 6.31. The summed E-state index contributed by atoms with van der Waals surface area (Å²) in [5, 5.41) is 12.6. The van der Waals surface area contributed by atoms with Crippen LogP contribution in [0.15, 0.2) is 18.2 Å². The Morgan fingerprint density at radius 3 is 2.52 bits per heavy atom. The fraction of sp³-hybridized carbons (Fsp3) is 0.571. The first-order valence-corrected chi connectivity index (χ1v) is 7.03. The maximum absolute atomic E-state index is 14.3. The van der Waals surface area contributed by atoms with Crippen molar-refractivity contribution in [3.8, 4) is 0 Å². The molecule has 21 heavy (non-hydrogen) atoms. The third kappa shape index (κ3) is 4.05. The van der Waals surface area contributed by atoms with Crippen molar-refractivity contribution in [2.45, 2.75) is 18.9 Å². The van der Waals surface area contributed by atoms with Crippen LogP contribution >= 0.6 is 24.0 Å². The van der Waals surface area contributed by atoms with Crippen LogP contribution in [0.4, 0.5) is 8.78 Å². The molecule has 1 aromatic rings. The van der Waals surface area contributed by atoms with Crippen LogP contribution in [0.2, 0.25) is 5.02 Å². The predicted octanol–water partition coefficient (Wildman–Crippen LogP) is 2.64. The normalized spacial score (nSPS) is 18.1. The molecule has 1 fully saturated rings. The zero-order valence-corrected chi connectivity index (χ0v) is 13.4. The van der Waals surface area contributed by atoms with Crippen molar-refractivity contribution < 1.29 is 13.9 Å². The number of halogens is 4. The van der Waals surface area contributed by atoms with Gasteiger partial charge in [0.15, 0.2) is 0 Å². The lowest BCUT2D eigenvalue weighted by atomic mass is 9.94. The van der Waals surface area contributed by atoms with E-state index in [1.165, 1.54) is 0 Å². The number of aliphatic hydroxyl groups is 1. The van der Waals surface area contributed by atoms with E-state index in [9.17, 15) is 8.78 Å². The Morgan fingerprint density at radius 2 is 2.00 bits per heavy atom. The average molecular weight is 341 g/mol. The largest absolute Gasteiger partial charge is 0.390 e. The smallest absolute Gasteiger partial charge is 0.289 e. The van der Waals surface area contributed by atoms with Gasteiger partial charge in [-0.1, -0.05) is 23.7 Å². The van der Waals surface area contributed by atoms with E-state index >= 15 is 0 Å². The topological polar surface area (TPSA) is 35.5 Å². The van der Waals surface area contributed by atoms with Gasteiger partial charge in [-0.25, -0.2) is 8.78 Å². The van der Waals surface area contributed by atoms with Crippen LogP contribution in [0.25, 0.3) is 0 Å². The molecule has 3 nitrogen and oxygen atoms in total. The summed E-state index contributed by atoms with van der Waals surface area (Å²) in [7, 11) is 0. The Morgan fingerprint density at radius 1 is 1.38 bits per heavy atom. The summed E-state index contributed by atoms with van der Waals surface area (Å²) in [5.74, 6) is -3.23. The van der Waals surface area contributed by atoms with Crippen LogP contribution in [-0.2, 0) is 0 Å². The number of aryl methyl sites for hydroxylation is 1. The summed E-state index contributed by atoms with van der Waals surface area (Å²) in [6, 6.07) is 3.94. The SMILES string of the molecule is Cc1cccc(Cl)c1[C@@H](N1CCNCC1)C(F)(F)CO.Cl. The van der Waals surface area contributed by atoms with Crippen molar-refractivity contribution in [3.63, 3.8) is 0 Å². The average Bonchev–Trinajstić information content (AvgIpc) is 2.43. The highest BCUT2D eigenvalue weighted by Gasteiger charge is 2.45. The molecule has 0 bridgehead atoms. The van der Waals surface area contributed by atoms with Gasteiger partial charge >= 0.3 is 0 Å². The molecule has 2 N–H and O–H groups in total. The van der Waals surface area contributed by atoms with Gasteiger partial charge in [0.05, 0.1) is 0 Å². The van der Waals surface area contributed by atoms with Crippen molar-refractivity contribution in [2.75, 3.05) is 32.8 Å². The molecule has 1 aliphatic rings. The number of aliphatic hydroxyl groups excluding tert-OH is 1. The molecule has 0 aliphatic carbocycles. The van der Waals surface area contributed by atoms with Gasteiger partial charge in [0.2, 0.25) is 0 Å². The van der Waals surface area contributed by atoms with Crippen LogP contribution in [0.1, 0.15) is 17.2 Å². The lowest BCUT2D eigenvalue weighted by Crippen LogP contribution is -2.51. The quantitative estimate of drug-likeness (QED) is 0.884. The molecule has 2 rings (SSSR count). The van der Waals surface area contributed by atoms with E-state index in [-0.39, 0.29) is 12.4 Å². The molecular weight excluding hydrogens is 321 g/mol. The third-order valence-corrected chi connectivity index (χ3v) is 4.00. The molecule has 0 unspecified atom stereocenters. The van der Waals surface area contributed by atoms with Crippen LogP contribution in [0.5, 0.6) is 0 Å². The number of rotatable bonds is 4. The molecule has 1 heterocycles. The molecule has 0 radical (unpaired) electrons.